The molecule has 0 amide bonds. The molecular formula is C19H15BrN4O. The van der Waals surface area contributed by atoms with Gasteiger partial charge in [-0.05, 0) is 49.4 Å². The molecule has 4 rings (SSSR count). The van der Waals surface area contributed by atoms with Crippen molar-refractivity contribution in [3.8, 4) is 22.7 Å². The number of aryl methyl sites for hydroxylation is 1. The first-order chi connectivity index (χ1) is 12.2. The van der Waals surface area contributed by atoms with Gasteiger partial charge in [0.05, 0.1) is 23.9 Å². The Morgan fingerprint density at radius 2 is 1.84 bits per heavy atom. The molecule has 124 valence electrons. The van der Waals surface area contributed by atoms with E-state index in [4.69, 9.17) is 9.84 Å². The summed E-state index contributed by atoms with van der Waals surface area (Å²) < 4.78 is 8.10. The maximum Gasteiger partial charge on any atom is 0.118 e. The van der Waals surface area contributed by atoms with Gasteiger partial charge in [0, 0.05) is 16.2 Å². The average Bonchev–Trinajstić information content (AvgIpc) is 3.09. The van der Waals surface area contributed by atoms with E-state index in [-0.39, 0.29) is 0 Å². The lowest BCUT2D eigenvalue weighted by atomic mass is 10.1. The highest BCUT2D eigenvalue weighted by Crippen LogP contribution is 2.29. The van der Waals surface area contributed by atoms with Crippen LogP contribution >= 0.6 is 15.9 Å². The summed E-state index contributed by atoms with van der Waals surface area (Å²) in [4.78, 5) is 0. The molecular weight excluding hydrogens is 380 g/mol. The Labute approximate surface area is 153 Å². The molecule has 0 atom stereocenters. The van der Waals surface area contributed by atoms with Crippen molar-refractivity contribution in [2.75, 3.05) is 7.11 Å². The first kappa shape index (κ1) is 15.8. The van der Waals surface area contributed by atoms with Crippen LogP contribution in [0.1, 0.15) is 5.69 Å². The highest BCUT2D eigenvalue weighted by Gasteiger charge is 2.14. The molecule has 5 nitrogen and oxygen atoms in total. The van der Waals surface area contributed by atoms with E-state index in [0.717, 1.165) is 43.8 Å². The second kappa shape index (κ2) is 6.29. The van der Waals surface area contributed by atoms with Gasteiger partial charge >= 0.3 is 0 Å². The molecule has 6 heteroatoms. The SMILES string of the molecule is COc1ccc(-c2nnc(C)c3nn(-c4cccc(Br)c4)cc23)cc1. The van der Waals surface area contributed by atoms with E-state index >= 15 is 0 Å². The van der Waals surface area contributed by atoms with E-state index in [1.807, 2.05) is 66.3 Å². The lowest BCUT2D eigenvalue weighted by Crippen LogP contribution is -1.94. The number of halogens is 1. The van der Waals surface area contributed by atoms with Gasteiger partial charge in [0.25, 0.3) is 0 Å². The van der Waals surface area contributed by atoms with Crippen LogP contribution in [-0.4, -0.2) is 27.1 Å². The fourth-order valence-electron chi connectivity index (χ4n) is 2.75. The number of methoxy groups -OCH3 is 1. The van der Waals surface area contributed by atoms with Crippen LogP contribution in [0.4, 0.5) is 0 Å². The summed E-state index contributed by atoms with van der Waals surface area (Å²) in [5, 5.41) is 14.4. The van der Waals surface area contributed by atoms with E-state index < -0.39 is 0 Å². The lowest BCUT2D eigenvalue weighted by Gasteiger charge is -2.04. The van der Waals surface area contributed by atoms with E-state index in [0.29, 0.717) is 0 Å². The maximum atomic E-state index is 5.23. The van der Waals surface area contributed by atoms with Gasteiger partial charge in [-0.25, -0.2) is 4.68 Å². The number of ether oxygens (including phenoxy) is 1. The van der Waals surface area contributed by atoms with Crippen LogP contribution in [0.5, 0.6) is 5.75 Å². The molecule has 0 radical (unpaired) electrons. The Balaban J connectivity index is 1.89. The molecule has 0 fully saturated rings. The second-order valence-corrected chi connectivity index (χ2v) is 6.59. The van der Waals surface area contributed by atoms with Gasteiger partial charge in [-0.1, -0.05) is 22.0 Å². The largest absolute Gasteiger partial charge is 0.497 e. The smallest absolute Gasteiger partial charge is 0.118 e. The van der Waals surface area contributed by atoms with E-state index in [1.165, 1.54) is 0 Å². The van der Waals surface area contributed by atoms with E-state index in [2.05, 4.69) is 26.1 Å². The highest BCUT2D eigenvalue weighted by atomic mass is 79.9. The van der Waals surface area contributed by atoms with Crippen molar-refractivity contribution in [3.05, 3.63) is 64.9 Å². The van der Waals surface area contributed by atoms with Crippen LogP contribution in [0.15, 0.2) is 59.2 Å². The lowest BCUT2D eigenvalue weighted by molar-refractivity contribution is 0.415. The molecule has 0 saturated carbocycles. The third-order valence-electron chi connectivity index (χ3n) is 4.05. The van der Waals surface area contributed by atoms with Gasteiger partial charge in [0.1, 0.15) is 17.0 Å². The quantitative estimate of drug-likeness (QED) is 0.510. The van der Waals surface area contributed by atoms with Crippen LogP contribution in [-0.2, 0) is 0 Å². The summed E-state index contributed by atoms with van der Waals surface area (Å²) in [7, 11) is 1.65. The second-order valence-electron chi connectivity index (χ2n) is 5.68. The monoisotopic (exact) mass is 394 g/mol. The molecule has 0 bridgehead atoms. The normalized spacial score (nSPS) is 11.0. The van der Waals surface area contributed by atoms with Gasteiger partial charge in [-0.15, -0.1) is 5.10 Å². The predicted octanol–water partition coefficient (Wildman–Crippen LogP) is 4.56. The van der Waals surface area contributed by atoms with E-state index in [1.54, 1.807) is 7.11 Å². The summed E-state index contributed by atoms with van der Waals surface area (Å²) in [6.07, 6.45) is 2.00. The molecule has 2 aromatic carbocycles. The number of hydrogen-bond donors (Lipinski definition) is 0. The summed E-state index contributed by atoms with van der Waals surface area (Å²) in [5.74, 6) is 0.810. The van der Waals surface area contributed by atoms with Crippen molar-refractivity contribution in [2.45, 2.75) is 6.92 Å². The number of rotatable bonds is 3. The molecule has 0 aliphatic heterocycles. The fraction of sp³-hybridized carbons (Fsp3) is 0.105. The third-order valence-corrected chi connectivity index (χ3v) is 4.54. The Kier molecular flexibility index (Phi) is 3.97. The first-order valence-corrected chi connectivity index (χ1v) is 8.58. The van der Waals surface area contributed by atoms with Gasteiger partial charge in [0.2, 0.25) is 0 Å². The molecule has 25 heavy (non-hydrogen) atoms. The van der Waals surface area contributed by atoms with Crippen molar-refractivity contribution in [3.63, 3.8) is 0 Å². The van der Waals surface area contributed by atoms with Crippen LogP contribution in [0, 0.1) is 6.92 Å². The molecule has 0 saturated heterocycles. The standard InChI is InChI=1S/C19H15BrN4O/c1-12-18-17(11-24(23-18)15-5-3-4-14(20)10-15)19(22-21-12)13-6-8-16(25-2)9-7-13/h3-11H,1-2H3. The van der Waals surface area contributed by atoms with Gasteiger partial charge in [-0.3, -0.25) is 0 Å². The fourth-order valence-corrected chi connectivity index (χ4v) is 3.14. The zero-order valence-electron chi connectivity index (χ0n) is 13.8. The summed E-state index contributed by atoms with van der Waals surface area (Å²) in [5.41, 5.74) is 4.42. The van der Waals surface area contributed by atoms with Gasteiger partial charge in [0.15, 0.2) is 0 Å². The maximum absolute atomic E-state index is 5.23. The minimum Gasteiger partial charge on any atom is -0.497 e. The molecule has 0 aliphatic carbocycles. The van der Waals surface area contributed by atoms with Gasteiger partial charge < -0.3 is 4.74 Å². The van der Waals surface area contributed by atoms with Crippen molar-refractivity contribution < 1.29 is 4.74 Å². The number of aromatic nitrogens is 4. The molecule has 0 spiro atoms. The van der Waals surface area contributed by atoms with Crippen LogP contribution in [0.25, 0.3) is 27.8 Å². The molecule has 0 N–H and O–H groups in total. The van der Waals surface area contributed by atoms with Crippen molar-refractivity contribution in [1.29, 1.82) is 0 Å². The summed E-state index contributed by atoms with van der Waals surface area (Å²) in [6.45, 7) is 1.92. The van der Waals surface area contributed by atoms with Crippen molar-refractivity contribution >= 4 is 26.8 Å². The third kappa shape index (κ3) is 2.89. The summed E-state index contributed by atoms with van der Waals surface area (Å²) >= 11 is 3.50. The zero-order valence-corrected chi connectivity index (χ0v) is 15.4. The number of benzene rings is 2. The molecule has 2 aromatic heterocycles. The minimum absolute atomic E-state index is 0.806. The minimum atomic E-state index is 0.806. The van der Waals surface area contributed by atoms with Crippen LogP contribution in [0.3, 0.4) is 0 Å². The topological polar surface area (TPSA) is 52.8 Å². The number of fused-ring (bicyclic) bond motifs is 1. The molecule has 0 aliphatic rings. The summed E-state index contributed by atoms with van der Waals surface area (Å²) in [6, 6.07) is 15.8. The average molecular weight is 395 g/mol. The first-order valence-electron chi connectivity index (χ1n) is 7.79. The highest BCUT2D eigenvalue weighted by molar-refractivity contribution is 9.10. The number of hydrogen-bond acceptors (Lipinski definition) is 4. The van der Waals surface area contributed by atoms with Gasteiger partial charge in [-0.2, -0.15) is 10.2 Å². The van der Waals surface area contributed by atoms with Crippen molar-refractivity contribution in [1.82, 2.24) is 20.0 Å². The van der Waals surface area contributed by atoms with Crippen molar-refractivity contribution in [2.24, 2.45) is 0 Å². The van der Waals surface area contributed by atoms with Crippen LogP contribution in [0.2, 0.25) is 0 Å². The molecule has 2 heterocycles. The zero-order chi connectivity index (χ0) is 17.4. The Bertz CT molecular complexity index is 1060. The predicted molar refractivity (Wildman–Crippen MR) is 101 cm³/mol. The van der Waals surface area contributed by atoms with E-state index in [9.17, 15) is 0 Å². The molecule has 4 aromatic rings. The number of nitrogens with zero attached hydrogens (tertiary/aromatic N) is 4. The Morgan fingerprint density at radius 1 is 1.04 bits per heavy atom. The Hall–Kier alpha value is -2.73. The van der Waals surface area contributed by atoms with Crippen LogP contribution < -0.4 is 4.74 Å². The molecule has 0 unspecified atom stereocenters. The Morgan fingerprint density at radius 3 is 2.56 bits per heavy atom.